The van der Waals surface area contributed by atoms with Gasteiger partial charge in [0.15, 0.2) is 22.1 Å². The van der Waals surface area contributed by atoms with Crippen molar-refractivity contribution in [3.05, 3.63) is 23.0 Å². The lowest BCUT2D eigenvalue weighted by Crippen LogP contribution is -1.97. The minimum atomic E-state index is 0.286. The van der Waals surface area contributed by atoms with Gasteiger partial charge in [0.05, 0.1) is 0 Å². The highest BCUT2D eigenvalue weighted by molar-refractivity contribution is 7.71. The zero-order chi connectivity index (χ0) is 12.1. The van der Waals surface area contributed by atoms with Gasteiger partial charge in [0.2, 0.25) is 6.79 Å². The van der Waals surface area contributed by atoms with Crippen LogP contribution in [0.15, 0.2) is 18.2 Å². The standard InChI is InChI=1S/C12H11N3O2S/c18-12-14-13-11(15(12)8-2-3-8)7-1-4-9-10(5-7)17-6-16-9/h1,4-5,8H,2-3,6H2,(H,14,18). The van der Waals surface area contributed by atoms with Crippen LogP contribution >= 0.6 is 12.2 Å². The number of rotatable bonds is 2. The lowest BCUT2D eigenvalue weighted by atomic mass is 10.2. The minimum absolute atomic E-state index is 0.286. The molecule has 2 aromatic rings. The van der Waals surface area contributed by atoms with Crippen molar-refractivity contribution in [2.75, 3.05) is 6.79 Å². The first kappa shape index (κ1) is 10.1. The van der Waals surface area contributed by atoms with Crippen LogP contribution in [0.3, 0.4) is 0 Å². The molecule has 0 amide bonds. The molecule has 0 atom stereocenters. The highest BCUT2D eigenvalue weighted by Gasteiger charge is 2.28. The van der Waals surface area contributed by atoms with E-state index < -0.39 is 0 Å². The van der Waals surface area contributed by atoms with Crippen molar-refractivity contribution in [1.29, 1.82) is 0 Å². The monoisotopic (exact) mass is 261 g/mol. The number of fused-ring (bicyclic) bond motifs is 1. The SMILES string of the molecule is S=c1[nH]nc(-c2ccc3c(c2)OCO3)n1C1CC1. The van der Waals surface area contributed by atoms with Crippen molar-refractivity contribution in [2.24, 2.45) is 0 Å². The number of benzene rings is 1. The number of nitrogens with zero attached hydrogens (tertiary/aromatic N) is 2. The normalized spacial score (nSPS) is 17.1. The van der Waals surface area contributed by atoms with E-state index in [-0.39, 0.29) is 6.79 Å². The van der Waals surface area contributed by atoms with Gasteiger partial charge >= 0.3 is 0 Å². The molecule has 1 fully saturated rings. The molecule has 1 aliphatic carbocycles. The summed E-state index contributed by atoms with van der Waals surface area (Å²) in [5.74, 6) is 2.43. The Morgan fingerprint density at radius 3 is 2.94 bits per heavy atom. The molecular weight excluding hydrogens is 250 g/mol. The minimum Gasteiger partial charge on any atom is -0.454 e. The van der Waals surface area contributed by atoms with Gasteiger partial charge in [-0.1, -0.05) is 0 Å². The maximum atomic E-state index is 5.39. The second-order valence-electron chi connectivity index (χ2n) is 4.52. The number of ether oxygens (including phenoxy) is 2. The molecule has 0 radical (unpaired) electrons. The van der Waals surface area contributed by atoms with E-state index in [4.69, 9.17) is 21.7 Å². The summed E-state index contributed by atoms with van der Waals surface area (Å²) in [5.41, 5.74) is 0.999. The summed E-state index contributed by atoms with van der Waals surface area (Å²) in [5, 5.41) is 7.19. The zero-order valence-corrected chi connectivity index (χ0v) is 10.4. The van der Waals surface area contributed by atoms with Crippen molar-refractivity contribution in [3.63, 3.8) is 0 Å². The Morgan fingerprint density at radius 2 is 2.11 bits per heavy atom. The van der Waals surface area contributed by atoms with Crippen LogP contribution in [0.2, 0.25) is 0 Å². The van der Waals surface area contributed by atoms with Gasteiger partial charge in [0, 0.05) is 11.6 Å². The van der Waals surface area contributed by atoms with E-state index in [1.165, 1.54) is 12.8 Å². The van der Waals surface area contributed by atoms with Crippen LogP contribution in [-0.4, -0.2) is 21.6 Å². The second kappa shape index (κ2) is 3.58. The van der Waals surface area contributed by atoms with Crippen LogP contribution in [0.25, 0.3) is 11.4 Å². The summed E-state index contributed by atoms with van der Waals surface area (Å²) in [6.45, 7) is 0.286. The lowest BCUT2D eigenvalue weighted by molar-refractivity contribution is 0.174. The first-order valence-electron chi connectivity index (χ1n) is 5.90. The molecule has 6 heteroatoms. The third kappa shape index (κ3) is 1.45. The fourth-order valence-corrected chi connectivity index (χ4v) is 2.50. The second-order valence-corrected chi connectivity index (χ2v) is 4.91. The molecule has 0 bridgehead atoms. The molecule has 0 saturated heterocycles. The van der Waals surface area contributed by atoms with Crippen molar-refractivity contribution >= 4 is 12.2 Å². The summed E-state index contributed by atoms with van der Waals surface area (Å²) in [6.07, 6.45) is 2.34. The molecule has 1 aliphatic heterocycles. The molecule has 2 aliphatic rings. The summed E-state index contributed by atoms with van der Waals surface area (Å²) in [4.78, 5) is 0. The van der Waals surface area contributed by atoms with Gasteiger partial charge in [-0.25, -0.2) is 0 Å². The molecule has 0 unspecified atom stereocenters. The fourth-order valence-electron chi connectivity index (χ4n) is 2.22. The Labute approximate surface area is 108 Å². The predicted octanol–water partition coefficient (Wildman–Crippen LogP) is 2.67. The maximum absolute atomic E-state index is 5.39. The van der Waals surface area contributed by atoms with E-state index in [1.54, 1.807) is 0 Å². The number of hydrogen-bond acceptors (Lipinski definition) is 4. The van der Waals surface area contributed by atoms with Crippen LogP contribution in [0, 0.1) is 4.77 Å². The number of nitrogens with one attached hydrogen (secondary N) is 1. The van der Waals surface area contributed by atoms with Crippen molar-refractivity contribution in [2.45, 2.75) is 18.9 Å². The topological polar surface area (TPSA) is 52.1 Å². The predicted molar refractivity (Wildman–Crippen MR) is 67.2 cm³/mol. The number of H-pyrrole nitrogens is 1. The summed E-state index contributed by atoms with van der Waals surface area (Å²) < 4.78 is 13.5. The lowest BCUT2D eigenvalue weighted by Gasteiger charge is -2.05. The Morgan fingerprint density at radius 1 is 1.28 bits per heavy atom. The van der Waals surface area contributed by atoms with Gasteiger partial charge in [0.25, 0.3) is 0 Å². The average Bonchev–Trinajstić information content (AvgIpc) is 2.98. The van der Waals surface area contributed by atoms with Gasteiger partial charge < -0.3 is 9.47 Å². The first-order chi connectivity index (χ1) is 8.83. The molecule has 4 rings (SSSR count). The van der Waals surface area contributed by atoms with Gasteiger partial charge in [-0.3, -0.25) is 9.67 Å². The smallest absolute Gasteiger partial charge is 0.231 e. The Hall–Kier alpha value is -1.82. The van der Waals surface area contributed by atoms with Gasteiger partial charge in [-0.05, 0) is 43.3 Å². The van der Waals surface area contributed by atoms with Crippen LogP contribution in [0.1, 0.15) is 18.9 Å². The molecule has 0 spiro atoms. The fraction of sp³-hybridized carbons (Fsp3) is 0.333. The summed E-state index contributed by atoms with van der Waals surface area (Å²) in [6, 6.07) is 6.34. The van der Waals surface area contributed by atoms with Crippen molar-refractivity contribution < 1.29 is 9.47 Å². The molecule has 18 heavy (non-hydrogen) atoms. The Kier molecular flexibility index (Phi) is 2.02. The molecule has 1 aromatic carbocycles. The highest BCUT2D eigenvalue weighted by Crippen LogP contribution is 2.40. The van der Waals surface area contributed by atoms with E-state index in [0.717, 1.165) is 22.9 Å². The molecular formula is C12H11N3O2S. The largest absolute Gasteiger partial charge is 0.454 e. The van der Waals surface area contributed by atoms with Gasteiger partial charge in [0.1, 0.15) is 0 Å². The van der Waals surface area contributed by atoms with Gasteiger partial charge in [-0.2, -0.15) is 5.10 Å². The molecule has 1 N–H and O–H groups in total. The highest BCUT2D eigenvalue weighted by atomic mass is 32.1. The van der Waals surface area contributed by atoms with Gasteiger partial charge in [-0.15, -0.1) is 0 Å². The van der Waals surface area contributed by atoms with E-state index >= 15 is 0 Å². The van der Waals surface area contributed by atoms with Crippen molar-refractivity contribution in [1.82, 2.24) is 14.8 Å². The summed E-state index contributed by atoms with van der Waals surface area (Å²) in [7, 11) is 0. The Bertz CT molecular complexity index is 672. The van der Waals surface area contributed by atoms with E-state index in [1.807, 2.05) is 18.2 Å². The van der Waals surface area contributed by atoms with Crippen molar-refractivity contribution in [3.8, 4) is 22.9 Å². The Balaban J connectivity index is 1.85. The molecule has 1 saturated carbocycles. The quantitative estimate of drug-likeness (QED) is 0.844. The van der Waals surface area contributed by atoms with Crippen LogP contribution in [0.4, 0.5) is 0 Å². The first-order valence-corrected chi connectivity index (χ1v) is 6.31. The zero-order valence-electron chi connectivity index (χ0n) is 9.55. The molecule has 5 nitrogen and oxygen atoms in total. The average molecular weight is 261 g/mol. The third-order valence-corrected chi connectivity index (χ3v) is 3.54. The molecule has 2 heterocycles. The number of aromatic nitrogens is 3. The van der Waals surface area contributed by atoms with Crippen LogP contribution in [0.5, 0.6) is 11.5 Å². The molecule has 92 valence electrons. The maximum Gasteiger partial charge on any atom is 0.231 e. The van der Waals surface area contributed by atoms with E-state index in [0.29, 0.717) is 10.8 Å². The van der Waals surface area contributed by atoms with Crippen LogP contribution in [-0.2, 0) is 0 Å². The number of hydrogen-bond donors (Lipinski definition) is 1. The number of aromatic amines is 1. The van der Waals surface area contributed by atoms with E-state index in [2.05, 4.69) is 14.8 Å². The third-order valence-electron chi connectivity index (χ3n) is 3.25. The van der Waals surface area contributed by atoms with Crippen LogP contribution < -0.4 is 9.47 Å². The van der Waals surface area contributed by atoms with E-state index in [9.17, 15) is 0 Å². The molecule has 1 aromatic heterocycles. The summed E-state index contributed by atoms with van der Waals surface area (Å²) >= 11 is 5.28.